The summed E-state index contributed by atoms with van der Waals surface area (Å²) >= 11 is 0. The van der Waals surface area contributed by atoms with Gasteiger partial charge in [0.2, 0.25) is 0 Å². The Morgan fingerprint density at radius 2 is 2.05 bits per heavy atom. The monoisotopic (exact) mass is 282 g/mol. The Balaban J connectivity index is 3.01. The van der Waals surface area contributed by atoms with Crippen molar-refractivity contribution in [2.45, 2.75) is 32.5 Å². The fourth-order valence-corrected chi connectivity index (χ4v) is 1.96. The number of carbonyl (C=O) groups is 2. The molecule has 1 aromatic rings. The average molecular weight is 282 g/mol. The lowest BCUT2D eigenvalue weighted by Crippen LogP contribution is -2.15. The molecule has 1 aromatic carbocycles. The third kappa shape index (κ3) is 4.04. The second-order valence-electron chi connectivity index (χ2n) is 4.19. The van der Waals surface area contributed by atoms with Gasteiger partial charge in [0.15, 0.2) is 6.10 Å². The van der Waals surface area contributed by atoms with Gasteiger partial charge in [-0.25, -0.2) is 4.79 Å². The van der Waals surface area contributed by atoms with E-state index in [1.54, 1.807) is 19.1 Å². The van der Waals surface area contributed by atoms with E-state index in [1.807, 2.05) is 0 Å². The molecule has 0 aliphatic carbocycles. The van der Waals surface area contributed by atoms with Crippen molar-refractivity contribution in [3.63, 3.8) is 0 Å². The van der Waals surface area contributed by atoms with Crippen LogP contribution in [0.15, 0.2) is 18.2 Å². The molecule has 0 aromatic heterocycles. The van der Waals surface area contributed by atoms with Crippen molar-refractivity contribution in [3.8, 4) is 0 Å². The molecule has 6 nitrogen and oxygen atoms in total. The first kappa shape index (κ1) is 16.1. The van der Waals surface area contributed by atoms with Crippen LogP contribution in [0.3, 0.4) is 0 Å². The van der Waals surface area contributed by atoms with Gasteiger partial charge in [-0.3, -0.25) is 4.79 Å². The van der Waals surface area contributed by atoms with Crippen LogP contribution in [0, 0.1) is 0 Å². The van der Waals surface area contributed by atoms with Gasteiger partial charge in [-0.05, 0) is 30.0 Å². The first-order valence-corrected chi connectivity index (χ1v) is 6.29. The average Bonchev–Trinajstić information content (AvgIpc) is 2.44. The molecule has 1 rings (SSSR count). The number of carboxylic acid groups (broad SMARTS) is 1. The van der Waals surface area contributed by atoms with Gasteiger partial charge in [0, 0.05) is 6.42 Å². The summed E-state index contributed by atoms with van der Waals surface area (Å²) in [6.07, 6.45) is -1.42. The van der Waals surface area contributed by atoms with Gasteiger partial charge in [0.25, 0.3) is 0 Å². The van der Waals surface area contributed by atoms with Crippen LogP contribution in [0.4, 0.5) is 0 Å². The highest BCUT2D eigenvalue weighted by Gasteiger charge is 2.21. The summed E-state index contributed by atoms with van der Waals surface area (Å²) in [6.45, 7) is 1.67. The van der Waals surface area contributed by atoms with Crippen molar-refractivity contribution >= 4 is 11.9 Å². The smallest absolute Gasteiger partial charge is 0.337 e. The quantitative estimate of drug-likeness (QED) is 0.639. The molecule has 0 saturated heterocycles. The number of rotatable bonds is 7. The molecule has 0 saturated carbocycles. The molecule has 1 atom stereocenters. The number of carbonyl (C=O) groups excluding carboxylic acids is 1. The Morgan fingerprint density at radius 1 is 1.35 bits per heavy atom. The maximum absolute atomic E-state index is 11.4. The standard InChI is InChI=1S/C14H18O6/c1-2-20-12(16)7-6-10-9(8-15)4-3-5-11(10)13(17)14(18)19/h3-5,13,15,17H,2,6-8H2,1H3,(H,18,19). The Hall–Kier alpha value is -1.92. The lowest BCUT2D eigenvalue weighted by Gasteiger charge is -2.15. The summed E-state index contributed by atoms with van der Waals surface area (Å²) in [5, 5.41) is 27.8. The Morgan fingerprint density at radius 3 is 2.60 bits per heavy atom. The molecule has 110 valence electrons. The minimum Gasteiger partial charge on any atom is -0.479 e. The number of carboxylic acids is 1. The molecular weight excluding hydrogens is 264 g/mol. The van der Waals surface area contributed by atoms with Crippen LogP contribution in [0.5, 0.6) is 0 Å². The van der Waals surface area contributed by atoms with Crippen molar-refractivity contribution in [1.29, 1.82) is 0 Å². The number of benzene rings is 1. The molecule has 0 fully saturated rings. The molecule has 0 heterocycles. The molecule has 0 bridgehead atoms. The van der Waals surface area contributed by atoms with Crippen LogP contribution < -0.4 is 0 Å². The van der Waals surface area contributed by atoms with Gasteiger partial charge in [0.05, 0.1) is 13.2 Å². The molecule has 0 amide bonds. The van der Waals surface area contributed by atoms with Crippen LogP contribution in [-0.4, -0.2) is 33.9 Å². The predicted octanol–water partition coefficient (Wildman–Crippen LogP) is 0.793. The number of aliphatic hydroxyl groups excluding tert-OH is 2. The molecule has 0 aliphatic heterocycles. The zero-order valence-electron chi connectivity index (χ0n) is 11.2. The number of aliphatic hydroxyl groups is 2. The lowest BCUT2D eigenvalue weighted by molar-refractivity contribution is -0.147. The first-order chi connectivity index (χ1) is 9.51. The minimum atomic E-state index is -1.68. The fourth-order valence-electron chi connectivity index (χ4n) is 1.96. The van der Waals surface area contributed by atoms with Gasteiger partial charge >= 0.3 is 11.9 Å². The van der Waals surface area contributed by atoms with Gasteiger partial charge in [0.1, 0.15) is 0 Å². The number of esters is 1. The summed E-state index contributed by atoms with van der Waals surface area (Å²) in [5.74, 6) is -1.78. The van der Waals surface area contributed by atoms with Gasteiger partial charge in [-0.1, -0.05) is 18.2 Å². The Labute approximate surface area is 116 Å². The first-order valence-electron chi connectivity index (χ1n) is 6.29. The fraction of sp³-hybridized carbons (Fsp3) is 0.429. The van der Waals surface area contributed by atoms with Crippen molar-refractivity contribution < 1.29 is 29.6 Å². The number of hydrogen-bond donors (Lipinski definition) is 3. The second-order valence-corrected chi connectivity index (χ2v) is 4.19. The normalized spacial score (nSPS) is 11.9. The summed E-state index contributed by atoms with van der Waals surface area (Å²) in [4.78, 5) is 22.3. The van der Waals surface area contributed by atoms with Crippen LogP contribution in [0.25, 0.3) is 0 Å². The summed E-state index contributed by atoms with van der Waals surface area (Å²) in [7, 11) is 0. The van der Waals surface area contributed by atoms with Crippen LogP contribution in [0.2, 0.25) is 0 Å². The molecule has 0 aliphatic rings. The van der Waals surface area contributed by atoms with E-state index in [0.29, 0.717) is 11.1 Å². The van der Waals surface area contributed by atoms with Gasteiger partial charge in [-0.15, -0.1) is 0 Å². The summed E-state index contributed by atoms with van der Waals surface area (Å²) in [5.41, 5.74) is 1.15. The van der Waals surface area contributed by atoms with Crippen molar-refractivity contribution in [2.75, 3.05) is 6.61 Å². The maximum atomic E-state index is 11.4. The topological polar surface area (TPSA) is 104 Å². The van der Waals surface area contributed by atoms with E-state index in [0.717, 1.165) is 0 Å². The van der Waals surface area contributed by atoms with E-state index >= 15 is 0 Å². The molecule has 1 unspecified atom stereocenters. The van der Waals surface area contributed by atoms with E-state index in [2.05, 4.69) is 0 Å². The highest BCUT2D eigenvalue weighted by molar-refractivity contribution is 5.75. The lowest BCUT2D eigenvalue weighted by atomic mass is 9.94. The number of hydrogen-bond acceptors (Lipinski definition) is 5. The number of aliphatic carboxylic acids is 1. The number of ether oxygens (including phenoxy) is 1. The molecule has 6 heteroatoms. The van der Waals surface area contributed by atoms with Crippen molar-refractivity contribution in [2.24, 2.45) is 0 Å². The van der Waals surface area contributed by atoms with Crippen LogP contribution >= 0.6 is 0 Å². The van der Waals surface area contributed by atoms with E-state index in [4.69, 9.17) is 9.84 Å². The zero-order valence-corrected chi connectivity index (χ0v) is 11.2. The van der Waals surface area contributed by atoms with E-state index in [1.165, 1.54) is 6.07 Å². The Bertz CT molecular complexity index is 483. The highest BCUT2D eigenvalue weighted by atomic mass is 16.5. The summed E-state index contributed by atoms with van der Waals surface area (Å²) in [6, 6.07) is 4.65. The van der Waals surface area contributed by atoms with Gasteiger partial charge < -0.3 is 20.1 Å². The summed E-state index contributed by atoms with van der Waals surface area (Å²) < 4.78 is 4.80. The Kier molecular flexibility index (Phi) is 6.14. The van der Waals surface area contributed by atoms with Crippen molar-refractivity contribution in [1.82, 2.24) is 0 Å². The van der Waals surface area contributed by atoms with Crippen molar-refractivity contribution in [3.05, 3.63) is 34.9 Å². The van der Waals surface area contributed by atoms with E-state index < -0.39 is 18.0 Å². The van der Waals surface area contributed by atoms with Gasteiger partial charge in [-0.2, -0.15) is 0 Å². The SMILES string of the molecule is CCOC(=O)CCc1c(CO)cccc1C(O)C(=O)O. The third-order valence-corrected chi connectivity index (χ3v) is 2.89. The van der Waals surface area contributed by atoms with E-state index in [9.17, 15) is 19.8 Å². The highest BCUT2D eigenvalue weighted by Crippen LogP contribution is 2.24. The largest absolute Gasteiger partial charge is 0.479 e. The minimum absolute atomic E-state index is 0.0597. The maximum Gasteiger partial charge on any atom is 0.337 e. The second kappa shape index (κ2) is 7.62. The molecule has 3 N–H and O–H groups in total. The molecule has 0 spiro atoms. The van der Waals surface area contributed by atoms with Crippen LogP contribution in [0.1, 0.15) is 36.1 Å². The molecular formula is C14H18O6. The van der Waals surface area contributed by atoms with Crippen LogP contribution in [-0.2, 0) is 27.4 Å². The molecule has 0 radical (unpaired) electrons. The van der Waals surface area contributed by atoms with E-state index in [-0.39, 0.29) is 31.6 Å². The molecule has 20 heavy (non-hydrogen) atoms. The zero-order chi connectivity index (χ0) is 15.1. The third-order valence-electron chi connectivity index (χ3n) is 2.89. The predicted molar refractivity (Wildman–Crippen MR) is 69.9 cm³/mol.